The molecule has 2 aromatic rings. The van der Waals surface area contributed by atoms with Crippen LogP contribution in [0.4, 0.5) is 0 Å². The molecule has 3 heteroatoms. The van der Waals surface area contributed by atoms with E-state index >= 15 is 0 Å². The number of aromatic nitrogens is 1. The first-order valence-corrected chi connectivity index (χ1v) is 4.29. The molecule has 71 valence electrons. The zero-order valence-electron chi connectivity index (χ0n) is 7.83. The van der Waals surface area contributed by atoms with Gasteiger partial charge >= 0.3 is 5.97 Å². The van der Waals surface area contributed by atoms with Gasteiger partial charge in [-0.25, -0.2) is 0 Å². The average molecular weight is 188 g/mol. The predicted molar refractivity (Wildman–Crippen MR) is 54.1 cm³/mol. The molecule has 1 aromatic heterocycles. The lowest BCUT2D eigenvalue weighted by Crippen LogP contribution is -2.01. The van der Waals surface area contributed by atoms with E-state index in [0.29, 0.717) is 5.75 Å². The van der Waals surface area contributed by atoms with Crippen LogP contribution in [0.1, 0.15) is 12.5 Å². The molecule has 1 N–H and O–H groups in total. The highest BCUT2D eigenvalue weighted by Crippen LogP contribution is 2.26. The highest BCUT2D eigenvalue weighted by molar-refractivity contribution is 5.90. The number of rotatable bonds is 1. The summed E-state index contributed by atoms with van der Waals surface area (Å²) in [6.07, 6.45) is 1.79. The van der Waals surface area contributed by atoms with Crippen LogP contribution >= 0.6 is 0 Å². The number of para-hydroxylation sites is 1. The van der Waals surface area contributed by atoms with Crippen LogP contribution in [0.5, 0.6) is 5.75 Å². The van der Waals surface area contributed by atoms with Gasteiger partial charge in [0.05, 0.1) is 5.52 Å². The number of H-pyrrole nitrogens is 1. The van der Waals surface area contributed by atoms with Gasteiger partial charge in [0, 0.05) is 18.5 Å². The Kier molecular flexibility index (Phi) is 2.00. The minimum atomic E-state index is -0.322. The molecule has 0 fully saturated rings. The van der Waals surface area contributed by atoms with Crippen LogP contribution < -0.4 is 4.74 Å². The van der Waals surface area contributed by atoms with Gasteiger partial charge in [-0.1, -0.05) is 12.1 Å². The number of nitrogens with one attached hydrogen (secondary N) is 1. The van der Waals surface area contributed by atoms with Gasteiger partial charge < -0.3 is 9.72 Å². The summed E-state index contributed by atoms with van der Waals surface area (Å²) in [6.45, 7) is 5.24. The van der Waals surface area contributed by atoms with E-state index in [9.17, 15) is 4.79 Å². The maximum absolute atomic E-state index is 10.8. The van der Waals surface area contributed by atoms with Crippen molar-refractivity contribution in [2.75, 3.05) is 0 Å². The number of benzene rings is 1. The van der Waals surface area contributed by atoms with E-state index in [0.717, 1.165) is 16.5 Å². The zero-order valence-corrected chi connectivity index (χ0v) is 7.83. The summed E-state index contributed by atoms with van der Waals surface area (Å²) in [4.78, 5) is 13.8. The Balaban J connectivity index is 2.59. The molecule has 0 atom stereocenters. The molecule has 0 aliphatic carbocycles. The fourth-order valence-corrected chi connectivity index (χ4v) is 1.42. The molecule has 1 aromatic carbocycles. The summed E-state index contributed by atoms with van der Waals surface area (Å²) in [5, 5.41) is 0.976. The summed E-state index contributed by atoms with van der Waals surface area (Å²) in [5.74, 6) is 0.225. The Bertz CT molecular complexity index is 485. The van der Waals surface area contributed by atoms with Crippen LogP contribution in [0, 0.1) is 6.92 Å². The normalized spacial score (nSPS) is 10.4. The van der Waals surface area contributed by atoms with Crippen molar-refractivity contribution in [3.63, 3.8) is 0 Å². The topological polar surface area (TPSA) is 42.1 Å². The van der Waals surface area contributed by atoms with Crippen LogP contribution in [0.2, 0.25) is 0 Å². The first kappa shape index (κ1) is 8.81. The second-order valence-corrected chi connectivity index (χ2v) is 3.09. The first-order chi connectivity index (χ1) is 6.68. The molecule has 14 heavy (non-hydrogen) atoms. The standard InChI is InChI=1S/C11H10NO2/c1-7-6-12-11-9(7)4-3-5-10(11)14-8(2)13/h3-6,12H,1H2,2H3. The van der Waals surface area contributed by atoms with Crippen molar-refractivity contribution in [3.05, 3.63) is 36.9 Å². The Morgan fingerprint density at radius 2 is 2.29 bits per heavy atom. The summed E-state index contributed by atoms with van der Waals surface area (Å²) < 4.78 is 5.04. The SMILES string of the molecule is [CH2]c1c[nH]c2c(OC(C)=O)cccc12. The minimum Gasteiger partial charge on any atom is -0.424 e. The monoisotopic (exact) mass is 188 g/mol. The quantitative estimate of drug-likeness (QED) is 0.551. The molecule has 1 heterocycles. The summed E-state index contributed by atoms with van der Waals surface area (Å²) in [6, 6.07) is 5.52. The third-order valence-corrected chi connectivity index (χ3v) is 2.02. The third kappa shape index (κ3) is 1.37. The molecule has 1 radical (unpaired) electrons. The molecule has 0 saturated carbocycles. The summed E-state index contributed by atoms with van der Waals surface area (Å²) in [5.41, 5.74) is 1.71. The molecule has 3 nitrogen and oxygen atoms in total. The minimum absolute atomic E-state index is 0.322. The smallest absolute Gasteiger partial charge is 0.308 e. The van der Waals surface area contributed by atoms with Gasteiger partial charge in [-0.3, -0.25) is 4.79 Å². The van der Waals surface area contributed by atoms with Crippen molar-refractivity contribution >= 4 is 16.9 Å². The van der Waals surface area contributed by atoms with Crippen molar-refractivity contribution in [2.45, 2.75) is 6.92 Å². The van der Waals surface area contributed by atoms with Crippen molar-refractivity contribution in [1.82, 2.24) is 4.98 Å². The lowest BCUT2D eigenvalue weighted by molar-refractivity contribution is -0.131. The highest BCUT2D eigenvalue weighted by atomic mass is 16.5. The van der Waals surface area contributed by atoms with E-state index < -0.39 is 0 Å². The molecule has 0 unspecified atom stereocenters. The number of esters is 1. The molecule has 0 saturated heterocycles. The van der Waals surface area contributed by atoms with Crippen molar-refractivity contribution in [1.29, 1.82) is 0 Å². The predicted octanol–water partition coefficient (Wildman–Crippen LogP) is 2.28. The van der Waals surface area contributed by atoms with E-state index in [2.05, 4.69) is 11.9 Å². The molecular formula is C11H10NO2. The van der Waals surface area contributed by atoms with Crippen LogP contribution in [-0.4, -0.2) is 11.0 Å². The van der Waals surface area contributed by atoms with Gasteiger partial charge in [-0.05, 0) is 18.6 Å². The third-order valence-electron chi connectivity index (χ3n) is 2.02. The van der Waals surface area contributed by atoms with Crippen LogP contribution in [0.15, 0.2) is 24.4 Å². The van der Waals surface area contributed by atoms with Gasteiger partial charge in [0.25, 0.3) is 0 Å². The molecule has 0 amide bonds. The molecule has 0 aliphatic heterocycles. The van der Waals surface area contributed by atoms with E-state index in [1.807, 2.05) is 12.1 Å². The number of fused-ring (bicyclic) bond motifs is 1. The number of carbonyl (C=O) groups excluding carboxylic acids is 1. The maximum atomic E-state index is 10.8. The largest absolute Gasteiger partial charge is 0.424 e. The second-order valence-electron chi connectivity index (χ2n) is 3.09. The lowest BCUT2D eigenvalue weighted by Gasteiger charge is -2.02. The van der Waals surface area contributed by atoms with E-state index in [4.69, 9.17) is 4.74 Å². The van der Waals surface area contributed by atoms with Gasteiger partial charge in [0.15, 0.2) is 5.75 Å². The van der Waals surface area contributed by atoms with Gasteiger partial charge in [-0.2, -0.15) is 0 Å². The Labute approximate surface area is 81.7 Å². The average Bonchev–Trinajstić information content (AvgIpc) is 2.49. The summed E-state index contributed by atoms with van der Waals surface area (Å²) in [7, 11) is 0. The van der Waals surface area contributed by atoms with Crippen molar-refractivity contribution in [2.24, 2.45) is 0 Å². The molecule has 0 aliphatic rings. The second kappa shape index (κ2) is 3.18. The van der Waals surface area contributed by atoms with Crippen molar-refractivity contribution < 1.29 is 9.53 Å². The molecule has 0 spiro atoms. The van der Waals surface area contributed by atoms with Crippen LogP contribution in [-0.2, 0) is 4.79 Å². The molecular weight excluding hydrogens is 178 g/mol. The van der Waals surface area contributed by atoms with Gasteiger partial charge in [0.1, 0.15) is 0 Å². The van der Waals surface area contributed by atoms with E-state index in [-0.39, 0.29) is 5.97 Å². The number of aromatic amines is 1. The van der Waals surface area contributed by atoms with E-state index in [1.54, 1.807) is 12.3 Å². The van der Waals surface area contributed by atoms with E-state index in [1.165, 1.54) is 6.92 Å². The fraction of sp³-hybridized carbons (Fsp3) is 0.0909. The molecule has 0 bridgehead atoms. The van der Waals surface area contributed by atoms with Gasteiger partial charge in [-0.15, -0.1) is 0 Å². The van der Waals surface area contributed by atoms with Crippen molar-refractivity contribution in [3.8, 4) is 5.75 Å². The number of carbonyl (C=O) groups is 1. The first-order valence-electron chi connectivity index (χ1n) is 4.29. The highest BCUT2D eigenvalue weighted by Gasteiger charge is 2.06. The number of ether oxygens (including phenoxy) is 1. The summed E-state index contributed by atoms with van der Waals surface area (Å²) >= 11 is 0. The Morgan fingerprint density at radius 1 is 1.50 bits per heavy atom. The Morgan fingerprint density at radius 3 is 3.00 bits per heavy atom. The Hall–Kier alpha value is -1.77. The maximum Gasteiger partial charge on any atom is 0.308 e. The van der Waals surface area contributed by atoms with Gasteiger partial charge in [0.2, 0.25) is 0 Å². The number of hydrogen-bond acceptors (Lipinski definition) is 2. The fourth-order valence-electron chi connectivity index (χ4n) is 1.42. The zero-order chi connectivity index (χ0) is 10.1. The van der Waals surface area contributed by atoms with Crippen LogP contribution in [0.25, 0.3) is 10.9 Å². The number of hydrogen-bond donors (Lipinski definition) is 1. The van der Waals surface area contributed by atoms with Crippen LogP contribution in [0.3, 0.4) is 0 Å². The molecule has 2 rings (SSSR count). The lowest BCUT2D eigenvalue weighted by atomic mass is 10.2.